The lowest BCUT2D eigenvalue weighted by molar-refractivity contribution is 0.120. The number of ether oxygens (including phenoxy) is 1. The second-order valence-corrected chi connectivity index (χ2v) is 6.69. The van der Waals surface area contributed by atoms with Gasteiger partial charge in [-0.15, -0.1) is 0 Å². The topological polar surface area (TPSA) is 76.9 Å². The molecule has 0 aliphatic carbocycles. The first-order chi connectivity index (χ1) is 12.7. The number of benzene rings is 1. The Morgan fingerprint density at radius 3 is 3.04 bits per heavy atom. The van der Waals surface area contributed by atoms with Gasteiger partial charge in [0.1, 0.15) is 0 Å². The van der Waals surface area contributed by atoms with Gasteiger partial charge in [0, 0.05) is 30.4 Å². The summed E-state index contributed by atoms with van der Waals surface area (Å²) in [7, 11) is 0. The zero-order valence-electron chi connectivity index (χ0n) is 14.6. The fourth-order valence-corrected chi connectivity index (χ4v) is 3.25. The van der Waals surface area contributed by atoms with Gasteiger partial charge in [-0.2, -0.15) is 9.97 Å². The summed E-state index contributed by atoms with van der Waals surface area (Å²) in [4.78, 5) is 13.7. The van der Waals surface area contributed by atoms with E-state index in [1.165, 1.54) is 0 Å². The molecule has 1 aromatic carbocycles. The second-order valence-electron chi connectivity index (χ2n) is 6.25. The number of imidazole rings is 1. The lowest BCUT2D eigenvalue weighted by atomic mass is 10.2. The van der Waals surface area contributed by atoms with Crippen molar-refractivity contribution in [2.75, 3.05) is 23.8 Å². The number of fused-ring (bicyclic) bond motifs is 1. The molecule has 0 spiro atoms. The number of rotatable bonds is 6. The average molecular weight is 373 g/mol. The van der Waals surface area contributed by atoms with Gasteiger partial charge in [-0.1, -0.05) is 17.7 Å². The Kier molecular flexibility index (Phi) is 4.90. The first kappa shape index (κ1) is 17.1. The van der Waals surface area contributed by atoms with Gasteiger partial charge in [-0.05, 0) is 38.0 Å². The van der Waals surface area contributed by atoms with Crippen LogP contribution in [-0.2, 0) is 11.3 Å². The van der Waals surface area contributed by atoms with E-state index in [1.807, 2.05) is 28.8 Å². The number of hydrogen-bond donors (Lipinski definition) is 2. The predicted molar refractivity (Wildman–Crippen MR) is 103 cm³/mol. The van der Waals surface area contributed by atoms with Gasteiger partial charge in [0.15, 0.2) is 17.0 Å². The highest BCUT2D eigenvalue weighted by Gasteiger charge is 2.17. The number of aryl methyl sites for hydroxylation is 1. The normalized spacial score (nSPS) is 16.9. The van der Waals surface area contributed by atoms with Gasteiger partial charge in [-0.25, -0.2) is 4.98 Å². The highest BCUT2D eigenvalue weighted by atomic mass is 35.5. The fraction of sp³-hybridized carbons (Fsp3) is 0.389. The summed E-state index contributed by atoms with van der Waals surface area (Å²) < 4.78 is 7.66. The van der Waals surface area contributed by atoms with Crippen LogP contribution in [0.2, 0.25) is 5.02 Å². The molecule has 3 heterocycles. The van der Waals surface area contributed by atoms with E-state index in [0.717, 1.165) is 42.8 Å². The van der Waals surface area contributed by atoms with Crippen molar-refractivity contribution in [3.8, 4) is 0 Å². The molecule has 8 heteroatoms. The van der Waals surface area contributed by atoms with Crippen LogP contribution >= 0.6 is 11.6 Å². The zero-order valence-corrected chi connectivity index (χ0v) is 15.3. The van der Waals surface area contributed by atoms with E-state index in [2.05, 4.69) is 32.5 Å². The standard InChI is InChI=1S/C18H21ClN6O/c1-2-25-11-21-15-16(22-13-6-3-5-12(19)9-13)23-18(24-17(15)25)20-10-14-7-4-8-26-14/h3,5-6,9,11,14H,2,4,7-8,10H2,1H3,(H2,20,22,23,24). The Morgan fingerprint density at radius 1 is 1.35 bits per heavy atom. The minimum Gasteiger partial charge on any atom is -0.376 e. The molecule has 1 saturated heterocycles. The molecule has 0 radical (unpaired) electrons. The van der Waals surface area contributed by atoms with Crippen molar-refractivity contribution >= 4 is 40.2 Å². The maximum Gasteiger partial charge on any atom is 0.226 e. The van der Waals surface area contributed by atoms with Crippen LogP contribution in [0.1, 0.15) is 19.8 Å². The number of hydrogen-bond acceptors (Lipinski definition) is 6. The van der Waals surface area contributed by atoms with Crippen molar-refractivity contribution in [3.63, 3.8) is 0 Å². The van der Waals surface area contributed by atoms with Crippen molar-refractivity contribution in [2.24, 2.45) is 0 Å². The minimum atomic E-state index is 0.217. The second kappa shape index (κ2) is 7.47. The SMILES string of the molecule is CCn1cnc2c(Nc3cccc(Cl)c3)nc(NCC3CCCO3)nc21. The Bertz CT molecular complexity index is 906. The van der Waals surface area contributed by atoms with E-state index in [9.17, 15) is 0 Å². The summed E-state index contributed by atoms with van der Waals surface area (Å²) in [5.41, 5.74) is 2.38. The average Bonchev–Trinajstić information content (AvgIpc) is 3.29. The molecular weight excluding hydrogens is 352 g/mol. The van der Waals surface area contributed by atoms with Crippen LogP contribution < -0.4 is 10.6 Å². The molecule has 1 aliphatic heterocycles. The lowest BCUT2D eigenvalue weighted by Gasteiger charge is -2.13. The van der Waals surface area contributed by atoms with Crippen LogP contribution in [0.15, 0.2) is 30.6 Å². The number of nitrogens with zero attached hydrogens (tertiary/aromatic N) is 4. The van der Waals surface area contributed by atoms with Gasteiger partial charge in [-0.3, -0.25) is 0 Å². The molecule has 3 aromatic rings. The Balaban J connectivity index is 1.66. The van der Waals surface area contributed by atoms with Crippen molar-refractivity contribution in [1.29, 1.82) is 0 Å². The van der Waals surface area contributed by atoms with E-state index in [0.29, 0.717) is 23.3 Å². The summed E-state index contributed by atoms with van der Waals surface area (Å²) in [6, 6.07) is 7.52. The Hall–Kier alpha value is -2.38. The molecule has 1 unspecified atom stereocenters. The summed E-state index contributed by atoms with van der Waals surface area (Å²) in [6.45, 7) is 4.38. The lowest BCUT2D eigenvalue weighted by Crippen LogP contribution is -2.20. The molecule has 1 fully saturated rings. The van der Waals surface area contributed by atoms with Crippen molar-refractivity contribution in [1.82, 2.24) is 19.5 Å². The fourth-order valence-electron chi connectivity index (χ4n) is 3.06. The molecule has 0 bridgehead atoms. The third-order valence-electron chi connectivity index (χ3n) is 4.40. The molecule has 0 saturated carbocycles. The maximum atomic E-state index is 6.09. The largest absolute Gasteiger partial charge is 0.376 e. The van der Waals surface area contributed by atoms with Crippen molar-refractivity contribution < 1.29 is 4.74 Å². The van der Waals surface area contributed by atoms with E-state index < -0.39 is 0 Å². The molecule has 2 aromatic heterocycles. The van der Waals surface area contributed by atoms with Gasteiger partial charge in [0.2, 0.25) is 5.95 Å². The molecule has 2 N–H and O–H groups in total. The van der Waals surface area contributed by atoms with Gasteiger partial charge < -0.3 is 19.9 Å². The predicted octanol–water partition coefficient (Wildman–Crippen LogP) is 3.83. The maximum absolute atomic E-state index is 6.09. The van der Waals surface area contributed by atoms with Crippen LogP contribution in [-0.4, -0.2) is 38.8 Å². The zero-order chi connectivity index (χ0) is 17.9. The summed E-state index contributed by atoms with van der Waals surface area (Å²) in [6.07, 6.45) is 4.17. The van der Waals surface area contributed by atoms with Crippen LogP contribution in [0.3, 0.4) is 0 Å². The Labute approximate surface area is 156 Å². The molecule has 1 atom stereocenters. The van der Waals surface area contributed by atoms with Gasteiger partial charge in [0.25, 0.3) is 0 Å². The third-order valence-corrected chi connectivity index (χ3v) is 4.64. The van der Waals surface area contributed by atoms with Crippen molar-refractivity contribution in [3.05, 3.63) is 35.6 Å². The first-order valence-electron chi connectivity index (χ1n) is 8.84. The molecule has 1 aliphatic rings. The van der Waals surface area contributed by atoms with E-state index in [-0.39, 0.29) is 6.10 Å². The van der Waals surface area contributed by atoms with Gasteiger partial charge in [0.05, 0.1) is 12.4 Å². The van der Waals surface area contributed by atoms with Crippen LogP contribution in [0.5, 0.6) is 0 Å². The Morgan fingerprint density at radius 2 is 2.27 bits per heavy atom. The minimum absolute atomic E-state index is 0.217. The van der Waals surface area contributed by atoms with Crippen LogP contribution in [0.4, 0.5) is 17.5 Å². The highest BCUT2D eigenvalue weighted by Crippen LogP contribution is 2.26. The summed E-state index contributed by atoms with van der Waals surface area (Å²) >= 11 is 6.09. The number of aromatic nitrogens is 4. The van der Waals surface area contributed by atoms with E-state index in [4.69, 9.17) is 16.3 Å². The van der Waals surface area contributed by atoms with Gasteiger partial charge >= 0.3 is 0 Å². The molecular formula is C18H21ClN6O. The first-order valence-corrected chi connectivity index (χ1v) is 9.21. The molecule has 7 nitrogen and oxygen atoms in total. The van der Waals surface area contributed by atoms with E-state index in [1.54, 1.807) is 6.33 Å². The third kappa shape index (κ3) is 3.59. The summed E-state index contributed by atoms with van der Waals surface area (Å²) in [5, 5.41) is 7.28. The quantitative estimate of drug-likeness (QED) is 0.684. The number of anilines is 3. The molecule has 26 heavy (non-hydrogen) atoms. The number of nitrogens with one attached hydrogen (secondary N) is 2. The molecule has 4 rings (SSSR count). The van der Waals surface area contributed by atoms with Crippen LogP contribution in [0, 0.1) is 0 Å². The molecule has 0 amide bonds. The number of halogens is 1. The smallest absolute Gasteiger partial charge is 0.226 e. The van der Waals surface area contributed by atoms with Crippen LogP contribution in [0.25, 0.3) is 11.2 Å². The molecule has 136 valence electrons. The van der Waals surface area contributed by atoms with E-state index >= 15 is 0 Å². The summed E-state index contributed by atoms with van der Waals surface area (Å²) in [5.74, 6) is 1.21. The monoisotopic (exact) mass is 372 g/mol. The van der Waals surface area contributed by atoms with Crippen molar-refractivity contribution in [2.45, 2.75) is 32.4 Å². The highest BCUT2D eigenvalue weighted by molar-refractivity contribution is 6.30.